The van der Waals surface area contributed by atoms with Gasteiger partial charge in [0.05, 0.1) is 19.8 Å². The molecule has 1 unspecified atom stereocenters. The van der Waals surface area contributed by atoms with Gasteiger partial charge in [0.2, 0.25) is 0 Å². The lowest BCUT2D eigenvalue weighted by molar-refractivity contribution is -0.145. The number of esters is 2. The molecule has 0 fully saturated rings. The Balaban J connectivity index is 4.83. The molecule has 8 heteroatoms. The average Bonchev–Trinajstić information content (AvgIpc) is 2.12. The first-order valence-electron chi connectivity index (χ1n) is 3.67. The molecule has 0 saturated carbocycles. The molecule has 0 rings (SSSR count). The largest absolute Gasteiger partial charge is 0.469 e. The highest BCUT2D eigenvalue weighted by molar-refractivity contribution is 7.87. The fourth-order valence-electron chi connectivity index (χ4n) is 0.703. The molecule has 0 bridgehead atoms. The van der Waals surface area contributed by atoms with Crippen molar-refractivity contribution in [1.29, 1.82) is 0 Å². The Bertz CT molecular complexity index is 356. The molecule has 15 heavy (non-hydrogen) atoms. The summed E-state index contributed by atoms with van der Waals surface area (Å²) in [6, 6.07) is 0. The van der Waals surface area contributed by atoms with E-state index in [4.69, 9.17) is 4.55 Å². The van der Waals surface area contributed by atoms with Crippen molar-refractivity contribution < 1.29 is 32.0 Å². The highest BCUT2D eigenvalue weighted by Gasteiger charge is 2.35. The van der Waals surface area contributed by atoms with Crippen LogP contribution < -0.4 is 0 Å². The van der Waals surface area contributed by atoms with Gasteiger partial charge in [0.15, 0.2) is 5.25 Å². The molecule has 0 heterocycles. The number of ether oxygens (including phenoxy) is 2. The molecular weight excluding hydrogens is 228 g/mol. The molecule has 0 aromatic carbocycles. The number of rotatable bonds is 5. The Hall–Kier alpha value is -1.41. The second-order valence-electron chi connectivity index (χ2n) is 2.39. The smallest absolute Gasteiger partial charge is 0.332 e. The maximum Gasteiger partial charge on any atom is 0.332 e. The van der Waals surface area contributed by atoms with Gasteiger partial charge in [0.25, 0.3) is 10.1 Å². The number of hydrogen-bond donors (Lipinski definition) is 1. The van der Waals surface area contributed by atoms with E-state index in [1.165, 1.54) is 0 Å². The van der Waals surface area contributed by atoms with Crippen LogP contribution in [0.4, 0.5) is 0 Å². The zero-order chi connectivity index (χ0) is 12.1. The van der Waals surface area contributed by atoms with Crippen LogP contribution in [0, 0.1) is 0 Å². The summed E-state index contributed by atoms with van der Waals surface area (Å²) >= 11 is 0. The van der Waals surface area contributed by atoms with Crippen LogP contribution in [0.3, 0.4) is 0 Å². The van der Waals surface area contributed by atoms with Crippen molar-refractivity contribution in [3.8, 4) is 0 Å². The fraction of sp³-hybridized carbons (Fsp3) is 0.429. The van der Waals surface area contributed by atoms with Crippen LogP contribution in [0.2, 0.25) is 0 Å². The summed E-state index contributed by atoms with van der Waals surface area (Å²) in [5.41, 5.74) is 0. The van der Waals surface area contributed by atoms with E-state index < -0.39 is 33.7 Å². The summed E-state index contributed by atoms with van der Waals surface area (Å²) in [5.74, 6) is -2.25. The summed E-state index contributed by atoms with van der Waals surface area (Å²) in [6.07, 6.45) is -0.125. The summed E-state index contributed by atoms with van der Waals surface area (Å²) in [7, 11) is -3.70. The average molecular weight is 238 g/mol. The molecule has 0 aromatic heterocycles. The summed E-state index contributed by atoms with van der Waals surface area (Å²) in [6.45, 7) is 3.03. The van der Waals surface area contributed by atoms with Gasteiger partial charge in [0, 0.05) is 0 Å². The van der Waals surface area contributed by atoms with Crippen LogP contribution >= 0.6 is 0 Å². The number of carbonyl (C=O) groups is 2. The Morgan fingerprint density at radius 1 is 1.53 bits per heavy atom. The predicted molar refractivity (Wildman–Crippen MR) is 48.3 cm³/mol. The minimum absolute atomic E-state index is 0.692. The Labute approximate surface area is 86.4 Å². The molecular formula is C7H10O7S. The van der Waals surface area contributed by atoms with Gasteiger partial charge in [0.1, 0.15) is 0 Å². The molecule has 0 aromatic rings. The van der Waals surface area contributed by atoms with Crippen LogP contribution in [-0.2, 0) is 29.2 Å². The molecule has 0 spiro atoms. The van der Waals surface area contributed by atoms with Crippen LogP contribution in [0.25, 0.3) is 0 Å². The number of methoxy groups -OCH3 is 1. The lowest BCUT2D eigenvalue weighted by Gasteiger charge is -2.09. The highest BCUT2D eigenvalue weighted by atomic mass is 32.2. The minimum Gasteiger partial charge on any atom is -0.469 e. The monoisotopic (exact) mass is 238 g/mol. The van der Waals surface area contributed by atoms with Gasteiger partial charge in [-0.15, -0.1) is 0 Å². The zero-order valence-electron chi connectivity index (χ0n) is 7.87. The van der Waals surface area contributed by atoms with E-state index in [0.29, 0.717) is 6.26 Å². The van der Waals surface area contributed by atoms with E-state index >= 15 is 0 Å². The zero-order valence-corrected chi connectivity index (χ0v) is 8.69. The second kappa shape index (κ2) is 5.47. The van der Waals surface area contributed by atoms with Crippen molar-refractivity contribution in [1.82, 2.24) is 0 Å². The molecule has 0 aliphatic carbocycles. The minimum atomic E-state index is -4.71. The molecule has 7 nitrogen and oxygen atoms in total. The quantitative estimate of drug-likeness (QED) is 0.390. The third kappa shape index (κ3) is 4.56. The van der Waals surface area contributed by atoms with Crippen molar-refractivity contribution in [3.05, 3.63) is 12.8 Å². The molecule has 0 radical (unpaired) electrons. The Morgan fingerprint density at radius 2 is 2.07 bits per heavy atom. The van der Waals surface area contributed by atoms with Gasteiger partial charge in [-0.05, 0) is 0 Å². The third-order valence-electron chi connectivity index (χ3n) is 1.40. The van der Waals surface area contributed by atoms with Crippen molar-refractivity contribution in [3.63, 3.8) is 0 Å². The van der Waals surface area contributed by atoms with E-state index in [0.717, 1.165) is 7.11 Å². The van der Waals surface area contributed by atoms with E-state index in [1.807, 2.05) is 0 Å². The van der Waals surface area contributed by atoms with Gasteiger partial charge in [-0.25, -0.2) is 0 Å². The van der Waals surface area contributed by atoms with Gasteiger partial charge in [-0.3, -0.25) is 14.1 Å². The predicted octanol–water partition coefficient (Wildman–Crippen LogP) is -0.507. The fourth-order valence-corrected chi connectivity index (χ4v) is 1.35. The number of hydrogen-bond acceptors (Lipinski definition) is 6. The first-order chi connectivity index (χ1) is 6.82. The van der Waals surface area contributed by atoms with Crippen molar-refractivity contribution in [2.75, 3.05) is 7.11 Å². The summed E-state index contributed by atoms with van der Waals surface area (Å²) in [4.78, 5) is 21.7. The first kappa shape index (κ1) is 13.6. The lowest BCUT2D eigenvalue weighted by Crippen LogP contribution is -2.33. The molecule has 0 amide bonds. The molecule has 1 atom stereocenters. The van der Waals surface area contributed by atoms with E-state index in [1.54, 1.807) is 0 Å². The lowest BCUT2D eigenvalue weighted by atomic mass is 10.3. The normalized spacial score (nSPS) is 12.7. The molecule has 0 aliphatic rings. The van der Waals surface area contributed by atoms with Gasteiger partial charge in [-0.2, -0.15) is 8.42 Å². The summed E-state index contributed by atoms with van der Waals surface area (Å²) < 4.78 is 38.4. The summed E-state index contributed by atoms with van der Waals surface area (Å²) in [5, 5.41) is -2.00. The van der Waals surface area contributed by atoms with Gasteiger partial charge >= 0.3 is 11.9 Å². The van der Waals surface area contributed by atoms with Crippen molar-refractivity contribution in [2.45, 2.75) is 11.7 Å². The Kier molecular flexibility index (Phi) is 4.95. The molecule has 0 saturated heterocycles. The second-order valence-corrected chi connectivity index (χ2v) is 3.99. The van der Waals surface area contributed by atoms with Crippen LogP contribution in [0.15, 0.2) is 12.8 Å². The topological polar surface area (TPSA) is 107 Å². The molecule has 0 aliphatic heterocycles. The van der Waals surface area contributed by atoms with Crippen molar-refractivity contribution in [2.24, 2.45) is 0 Å². The van der Waals surface area contributed by atoms with Crippen LogP contribution in [0.5, 0.6) is 0 Å². The van der Waals surface area contributed by atoms with Gasteiger partial charge < -0.3 is 9.47 Å². The maximum absolute atomic E-state index is 11.0. The van der Waals surface area contributed by atoms with Crippen LogP contribution in [-0.4, -0.2) is 37.3 Å². The van der Waals surface area contributed by atoms with Gasteiger partial charge in [-0.1, -0.05) is 6.58 Å². The SMILES string of the molecule is C=COC(=O)C(CC(=O)OC)S(=O)(=O)O. The molecule has 1 N–H and O–H groups in total. The molecule has 86 valence electrons. The highest BCUT2D eigenvalue weighted by Crippen LogP contribution is 2.08. The van der Waals surface area contributed by atoms with Crippen LogP contribution in [0.1, 0.15) is 6.42 Å². The number of carbonyl (C=O) groups excluding carboxylic acids is 2. The van der Waals surface area contributed by atoms with E-state index in [2.05, 4.69) is 16.1 Å². The van der Waals surface area contributed by atoms with E-state index in [9.17, 15) is 18.0 Å². The maximum atomic E-state index is 11.0. The standard InChI is InChI=1S/C7H10O7S/c1-3-14-7(9)5(15(10,11)12)4-6(8)13-2/h3,5H,1,4H2,2H3,(H,10,11,12). The third-order valence-corrected chi connectivity index (χ3v) is 2.48. The Morgan fingerprint density at radius 3 is 2.40 bits per heavy atom. The van der Waals surface area contributed by atoms with E-state index in [-0.39, 0.29) is 0 Å². The van der Waals surface area contributed by atoms with Crippen molar-refractivity contribution >= 4 is 22.1 Å². The first-order valence-corrected chi connectivity index (χ1v) is 5.17.